The molecule has 4 heteroatoms. The molecule has 1 N–H and O–H groups in total. The van der Waals surface area contributed by atoms with E-state index < -0.39 is 11.0 Å². The van der Waals surface area contributed by atoms with E-state index in [4.69, 9.17) is 0 Å². The Morgan fingerprint density at radius 2 is 1.94 bits per heavy atom. The Hall–Kier alpha value is -0.640. The monoisotopic (exact) mass is 259 g/mol. The van der Waals surface area contributed by atoms with Crippen molar-refractivity contribution in [1.29, 1.82) is 0 Å². The Morgan fingerprint density at radius 1 is 1.35 bits per heavy atom. The molecule has 0 aromatic rings. The van der Waals surface area contributed by atoms with Crippen LogP contribution in [0.25, 0.3) is 0 Å². The summed E-state index contributed by atoms with van der Waals surface area (Å²) in [5, 5.41) is -0.00618. The van der Waals surface area contributed by atoms with Gasteiger partial charge in [0.25, 0.3) is 5.91 Å². The Bertz CT molecular complexity index is 300. The number of hydrogen-bond donors (Lipinski definition) is 1. The van der Waals surface area contributed by atoms with E-state index in [1.807, 2.05) is 19.9 Å². The number of amides is 1. The van der Waals surface area contributed by atoms with E-state index in [9.17, 15) is 9.00 Å². The zero-order chi connectivity index (χ0) is 13.4. The van der Waals surface area contributed by atoms with Gasteiger partial charge in [-0.25, -0.2) is 4.21 Å². The highest BCUT2D eigenvalue weighted by Gasteiger charge is 2.20. The minimum absolute atomic E-state index is 0.00618. The van der Waals surface area contributed by atoms with E-state index in [1.165, 1.54) is 0 Å². The molecule has 0 spiro atoms. The zero-order valence-electron chi connectivity index (χ0n) is 11.6. The molecule has 3 nitrogen and oxygen atoms in total. The second-order valence-electron chi connectivity index (χ2n) is 4.50. The lowest BCUT2D eigenvalue weighted by Crippen LogP contribution is -2.35. The minimum atomic E-state index is -1.29. The first-order valence-corrected chi connectivity index (χ1v) is 7.53. The topological polar surface area (TPSA) is 46.2 Å². The fourth-order valence-corrected chi connectivity index (χ4v) is 2.65. The molecule has 3 unspecified atom stereocenters. The molecule has 17 heavy (non-hydrogen) atoms. The average molecular weight is 259 g/mol. The lowest BCUT2D eigenvalue weighted by atomic mass is 10.0. The van der Waals surface area contributed by atoms with E-state index in [-0.39, 0.29) is 11.2 Å². The van der Waals surface area contributed by atoms with Gasteiger partial charge in [0.05, 0.1) is 5.25 Å². The molecule has 0 saturated carbocycles. The van der Waals surface area contributed by atoms with Crippen LogP contribution in [0.2, 0.25) is 0 Å². The molecule has 0 heterocycles. The summed E-state index contributed by atoms with van der Waals surface area (Å²) >= 11 is 0. The van der Waals surface area contributed by atoms with Crippen molar-refractivity contribution in [1.82, 2.24) is 4.72 Å². The van der Waals surface area contributed by atoms with Gasteiger partial charge in [-0.15, -0.1) is 0 Å². The SMILES string of the molecule is CC/C=C(\C)C(=O)NS(=O)C(C)C(C)CCC. The maximum atomic E-state index is 11.9. The molecule has 0 aromatic heterocycles. The predicted octanol–water partition coefficient (Wildman–Crippen LogP) is 2.95. The van der Waals surface area contributed by atoms with Crippen LogP contribution in [-0.4, -0.2) is 15.4 Å². The van der Waals surface area contributed by atoms with Crippen LogP contribution in [0, 0.1) is 5.92 Å². The van der Waals surface area contributed by atoms with Crippen molar-refractivity contribution in [2.75, 3.05) is 0 Å². The van der Waals surface area contributed by atoms with Gasteiger partial charge >= 0.3 is 0 Å². The molecule has 0 bridgehead atoms. The summed E-state index contributed by atoms with van der Waals surface area (Å²) in [4.78, 5) is 11.7. The van der Waals surface area contributed by atoms with Crippen molar-refractivity contribution < 1.29 is 9.00 Å². The molecule has 1 amide bonds. The number of carbonyl (C=O) groups excluding carboxylic acids is 1. The molecule has 0 aliphatic carbocycles. The number of carbonyl (C=O) groups is 1. The first kappa shape index (κ1) is 16.4. The van der Waals surface area contributed by atoms with Gasteiger partial charge in [-0.2, -0.15) is 0 Å². The predicted molar refractivity (Wildman–Crippen MR) is 73.9 cm³/mol. The van der Waals surface area contributed by atoms with E-state index in [0.29, 0.717) is 11.5 Å². The fourth-order valence-electron chi connectivity index (χ4n) is 1.56. The van der Waals surface area contributed by atoms with Crippen LogP contribution < -0.4 is 4.72 Å². The van der Waals surface area contributed by atoms with Crippen LogP contribution in [0.3, 0.4) is 0 Å². The van der Waals surface area contributed by atoms with Crippen molar-refractivity contribution in [3.8, 4) is 0 Å². The zero-order valence-corrected chi connectivity index (χ0v) is 12.4. The number of nitrogens with one attached hydrogen (secondary N) is 1. The molecule has 0 aliphatic heterocycles. The van der Waals surface area contributed by atoms with Gasteiger partial charge in [-0.3, -0.25) is 9.52 Å². The van der Waals surface area contributed by atoms with Gasteiger partial charge in [0.2, 0.25) is 0 Å². The van der Waals surface area contributed by atoms with Crippen molar-refractivity contribution in [3.05, 3.63) is 11.6 Å². The largest absolute Gasteiger partial charge is 0.271 e. The summed E-state index contributed by atoms with van der Waals surface area (Å²) in [6.07, 6.45) is 4.76. The van der Waals surface area contributed by atoms with E-state index in [1.54, 1.807) is 6.92 Å². The molecular formula is C13H25NO2S. The minimum Gasteiger partial charge on any atom is -0.271 e. The third-order valence-electron chi connectivity index (χ3n) is 2.94. The third kappa shape index (κ3) is 6.01. The first-order chi connectivity index (χ1) is 7.93. The van der Waals surface area contributed by atoms with Crippen molar-refractivity contribution in [2.45, 2.75) is 59.1 Å². The van der Waals surface area contributed by atoms with Crippen LogP contribution in [0.1, 0.15) is 53.9 Å². The highest BCUT2D eigenvalue weighted by Crippen LogP contribution is 2.14. The van der Waals surface area contributed by atoms with Crippen molar-refractivity contribution in [2.24, 2.45) is 5.92 Å². The Labute approximate surface area is 108 Å². The van der Waals surface area contributed by atoms with Crippen LogP contribution in [0.5, 0.6) is 0 Å². The van der Waals surface area contributed by atoms with Gasteiger partial charge in [-0.1, -0.05) is 33.3 Å². The molecule has 0 aliphatic rings. The summed E-state index contributed by atoms with van der Waals surface area (Å²) in [5.74, 6) is 0.136. The smallest absolute Gasteiger partial charge is 0.258 e. The fraction of sp³-hybridized carbons (Fsp3) is 0.769. The third-order valence-corrected chi connectivity index (χ3v) is 4.47. The first-order valence-electron chi connectivity index (χ1n) is 6.32. The standard InChI is InChI=1S/C13H25NO2S/c1-6-8-10(3)12(5)17(16)14-13(15)11(4)9-7-2/h9-10,12H,6-8H2,1-5H3,(H,14,15)/b11-9+. The lowest BCUT2D eigenvalue weighted by Gasteiger charge is -2.18. The number of hydrogen-bond acceptors (Lipinski definition) is 2. The summed E-state index contributed by atoms with van der Waals surface area (Å²) in [7, 11) is -1.29. The molecule has 100 valence electrons. The summed E-state index contributed by atoms with van der Waals surface area (Å²) in [6.45, 7) is 9.83. The number of rotatable bonds is 7. The molecule has 0 saturated heterocycles. The maximum absolute atomic E-state index is 11.9. The average Bonchev–Trinajstić information content (AvgIpc) is 2.28. The van der Waals surface area contributed by atoms with Crippen LogP contribution in [0.15, 0.2) is 11.6 Å². The van der Waals surface area contributed by atoms with Crippen LogP contribution in [0.4, 0.5) is 0 Å². The van der Waals surface area contributed by atoms with Crippen LogP contribution in [-0.2, 0) is 15.8 Å². The van der Waals surface area contributed by atoms with E-state index in [2.05, 4.69) is 18.6 Å². The Balaban J connectivity index is 4.35. The summed E-state index contributed by atoms with van der Waals surface area (Å²) < 4.78 is 14.5. The van der Waals surface area contributed by atoms with Gasteiger partial charge in [0.15, 0.2) is 0 Å². The lowest BCUT2D eigenvalue weighted by molar-refractivity contribution is -0.115. The molecule has 0 radical (unpaired) electrons. The molecule has 0 rings (SSSR count). The maximum Gasteiger partial charge on any atom is 0.258 e. The van der Waals surface area contributed by atoms with Crippen molar-refractivity contribution in [3.63, 3.8) is 0 Å². The van der Waals surface area contributed by atoms with Crippen molar-refractivity contribution >= 4 is 16.9 Å². The second kappa shape index (κ2) is 8.45. The molecular weight excluding hydrogens is 234 g/mol. The Kier molecular flexibility index (Phi) is 8.13. The Morgan fingerprint density at radius 3 is 2.41 bits per heavy atom. The van der Waals surface area contributed by atoms with E-state index in [0.717, 1.165) is 19.3 Å². The molecule has 0 aromatic carbocycles. The van der Waals surface area contributed by atoms with Gasteiger partial charge < -0.3 is 0 Å². The summed E-state index contributed by atoms with van der Waals surface area (Å²) in [6, 6.07) is 0. The summed E-state index contributed by atoms with van der Waals surface area (Å²) in [5.41, 5.74) is 0.635. The normalized spacial score (nSPS) is 17.4. The molecule has 0 fully saturated rings. The van der Waals surface area contributed by atoms with Gasteiger partial charge in [0, 0.05) is 5.57 Å². The molecule has 3 atom stereocenters. The second-order valence-corrected chi connectivity index (χ2v) is 6.04. The number of allylic oxidation sites excluding steroid dienone is 1. The van der Waals surface area contributed by atoms with Crippen LogP contribution >= 0.6 is 0 Å². The highest BCUT2D eigenvalue weighted by molar-refractivity contribution is 7.84. The van der Waals surface area contributed by atoms with Gasteiger partial charge in [0.1, 0.15) is 11.0 Å². The quantitative estimate of drug-likeness (QED) is 0.715. The van der Waals surface area contributed by atoms with Gasteiger partial charge in [-0.05, 0) is 32.6 Å². The highest BCUT2D eigenvalue weighted by atomic mass is 32.2. The van der Waals surface area contributed by atoms with E-state index >= 15 is 0 Å².